The molecule has 1 rings (SSSR count). The van der Waals surface area contributed by atoms with Crippen molar-refractivity contribution in [2.45, 2.75) is 13.8 Å². The van der Waals surface area contributed by atoms with E-state index in [-0.39, 0.29) is 5.97 Å². The zero-order valence-electron chi connectivity index (χ0n) is 7.96. The predicted octanol–water partition coefficient (Wildman–Crippen LogP) is 2.63. The summed E-state index contributed by atoms with van der Waals surface area (Å²) in [5.41, 5.74) is 0.949. The van der Waals surface area contributed by atoms with Gasteiger partial charge in [0, 0.05) is 15.8 Å². The molecule has 0 fully saturated rings. The van der Waals surface area contributed by atoms with Crippen LogP contribution in [0.5, 0.6) is 0 Å². The van der Waals surface area contributed by atoms with Gasteiger partial charge in [0.15, 0.2) is 0 Å². The number of carbonyl (C=O) groups is 1. The molecule has 0 radical (unpaired) electrons. The van der Waals surface area contributed by atoms with Crippen molar-refractivity contribution in [2.24, 2.45) is 0 Å². The van der Waals surface area contributed by atoms with Crippen molar-refractivity contribution in [1.29, 1.82) is 0 Å². The highest BCUT2D eigenvalue weighted by Crippen LogP contribution is 2.22. The molecule has 1 aromatic heterocycles. The SMILES string of the molecule is COC(=O)/C=C(/C)c1ccc(C)s1. The molecule has 0 atom stereocenters. The summed E-state index contributed by atoms with van der Waals surface area (Å²) in [5, 5.41) is 0. The number of hydrogen-bond acceptors (Lipinski definition) is 3. The van der Waals surface area contributed by atoms with Crippen molar-refractivity contribution in [3.8, 4) is 0 Å². The van der Waals surface area contributed by atoms with Gasteiger partial charge in [-0.05, 0) is 31.6 Å². The van der Waals surface area contributed by atoms with Crippen LogP contribution in [0.15, 0.2) is 18.2 Å². The van der Waals surface area contributed by atoms with Gasteiger partial charge in [-0.25, -0.2) is 4.79 Å². The number of esters is 1. The van der Waals surface area contributed by atoms with Crippen LogP contribution < -0.4 is 0 Å². The molecule has 70 valence electrons. The van der Waals surface area contributed by atoms with Gasteiger partial charge in [-0.2, -0.15) is 0 Å². The number of ether oxygens (including phenoxy) is 1. The van der Waals surface area contributed by atoms with Gasteiger partial charge in [0.05, 0.1) is 7.11 Å². The first-order valence-electron chi connectivity index (χ1n) is 3.96. The van der Waals surface area contributed by atoms with Crippen molar-refractivity contribution in [3.63, 3.8) is 0 Å². The maximum absolute atomic E-state index is 10.9. The minimum atomic E-state index is -0.302. The number of thiophene rings is 1. The third kappa shape index (κ3) is 2.70. The Hall–Kier alpha value is -1.09. The first kappa shape index (κ1) is 9.99. The fourth-order valence-electron chi connectivity index (χ4n) is 0.953. The first-order valence-corrected chi connectivity index (χ1v) is 4.78. The molecule has 0 aliphatic heterocycles. The highest BCUT2D eigenvalue weighted by atomic mass is 32.1. The Bertz CT molecular complexity index is 336. The Kier molecular flexibility index (Phi) is 3.25. The molecule has 0 saturated heterocycles. The first-order chi connectivity index (χ1) is 6.13. The summed E-state index contributed by atoms with van der Waals surface area (Å²) in [6.45, 7) is 3.95. The van der Waals surface area contributed by atoms with Gasteiger partial charge in [-0.15, -0.1) is 11.3 Å². The molecular formula is C10H12O2S. The molecule has 0 amide bonds. The predicted molar refractivity (Wildman–Crippen MR) is 54.7 cm³/mol. The molecule has 0 saturated carbocycles. The van der Waals surface area contributed by atoms with E-state index in [0.29, 0.717) is 0 Å². The maximum atomic E-state index is 10.9. The van der Waals surface area contributed by atoms with E-state index < -0.39 is 0 Å². The fourth-order valence-corrected chi connectivity index (χ4v) is 1.79. The Morgan fingerprint density at radius 3 is 2.69 bits per heavy atom. The van der Waals surface area contributed by atoms with E-state index in [1.807, 2.05) is 26.0 Å². The van der Waals surface area contributed by atoms with E-state index in [1.165, 1.54) is 18.1 Å². The Labute approximate surface area is 81.8 Å². The van der Waals surface area contributed by atoms with Gasteiger partial charge in [0.2, 0.25) is 0 Å². The van der Waals surface area contributed by atoms with Crippen molar-refractivity contribution in [1.82, 2.24) is 0 Å². The second kappa shape index (κ2) is 4.23. The van der Waals surface area contributed by atoms with Crippen molar-refractivity contribution in [2.75, 3.05) is 7.11 Å². The molecule has 1 heterocycles. The number of aryl methyl sites for hydroxylation is 1. The minimum Gasteiger partial charge on any atom is -0.466 e. The van der Waals surface area contributed by atoms with E-state index in [2.05, 4.69) is 4.74 Å². The molecular weight excluding hydrogens is 184 g/mol. The van der Waals surface area contributed by atoms with E-state index in [0.717, 1.165) is 10.5 Å². The van der Waals surface area contributed by atoms with Gasteiger partial charge in [-0.3, -0.25) is 0 Å². The van der Waals surface area contributed by atoms with E-state index in [1.54, 1.807) is 11.3 Å². The van der Waals surface area contributed by atoms with E-state index in [9.17, 15) is 4.79 Å². The molecule has 0 bridgehead atoms. The van der Waals surface area contributed by atoms with Gasteiger partial charge >= 0.3 is 5.97 Å². The molecule has 0 aromatic carbocycles. The lowest BCUT2D eigenvalue weighted by molar-refractivity contribution is -0.134. The van der Waals surface area contributed by atoms with Crippen LogP contribution in [0, 0.1) is 6.92 Å². The molecule has 0 spiro atoms. The van der Waals surface area contributed by atoms with Crippen LogP contribution in [0.3, 0.4) is 0 Å². The molecule has 3 heteroatoms. The lowest BCUT2D eigenvalue weighted by Gasteiger charge is -1.95. The van der Waals surface area contributed by atoms with Crippen LogP contribution in [0.1, 0.15) is 16.7 Å². The number of rotatable bonds is 2. The van der Waals surface area contributed by atoms with Crippen LogP contribution in [0.2, 0.25) is 0 Å². The van der Waals surface area contributed by atoms with Crippen molar-refractivity contribution in [3.05, 3.63) is 28.0 Å². The summed E-state index contributed by atoms with van der Waals surface area (Å²) >= 11 is 1.67. The summed E-state index contributed by atoms with van der Waals surface area (Å²) in [6, 6.07) is 4.05. The monoisotopic (exact) mass is 196 g/mol. The van der Waals surface area contributed by atoms with Gasteiger partial charge in [0.25, 0.3) is 0 Å². The second-order valence-electron chi connectivity index (χ2n) is 2.76. The Morgan fingerprint density at radius 1 is 1.54 bits per heavy atom. The average molecular weight is 196 g/mol. The van der Waals surface area contributed by atoms with Gasteiger partial charge in [-0.1, -0.05) is 0 Å². The summed E-state index contributed by atoms with van der Waals surface area (Å²) in [6.07, 6.45) is 1.51. The van der Waals surface area contributed by atoms with E-state index >= 15 is 0 Å². The van der Waals surface area contributed by atoms with Gasteiger partial charge < -0.3 is 4.74 Å². The van der Waals surface area contributed by atoms with Gasteiger partial charge in [0.1, 0.15) is 0 Å². The lowest BCUT2D eigenvalue weighted by Crippen LogP contribution is -1.94. The normalized spacial score (nSPS) is 11.5. The van der Waals surface area contributed by atoms with E-state index in [4.69, 9.17) is 0 Å². The fraction of sp³-hybridized carbons (Fsp3) is 0.300. The largest absolute Gasteiger partial charge is 0.466 e. The van der Waals surface area contributed by atoms with Crippen LogP contribution >= 0.6 is 11.3 Å². The quantitative estimate of drug-likeness (QED) is 0.537. The number of hydrogen-bond donors (Lipinski definition) is 0. The molecule has 0 aliphatic rings. The van der Waals surface area contributed by atoms with Crippen molar-refractivity contribution < 1.29 is 9.53 Å². The molecule has 0 N–H and O–H groups in total. The zero-order valence-corrected chi connectivity index (χ0v) is 8.77. The number of methoxy groups -OCH3 is 1. The summed E-state index contributed by atoms with van der Waals surface area (Å²) < 4.78 is 4.54. The Morgan fingerprint density at radius 2 is 2.23 bits per heavy atom. The Balaban J connectivity index is 2.84. The number of allylic oxidation sites excluding steroid dienone is 1. The standard InChI is InChI=1S/C10H12O2S/c1-7(6-10(11)12-3)9-5-4-8(2)13-9/h4-6H,1-3H3/b7-6-. The van der Waals surface area contributed by atoms with Crippen LogP contribution in [-0.2, 0) is 9.53 Å². The smallest absolute Gasteiger partial charge is 0.330 e. The summed E-state index contributed by atoms with van der Waals surface area (Å²) in [4.78, 5) is 13.3. The summed E-state index contributed by atoms with van der Waals surface area (Å²) in [7, 11) is 1.38. The summed E-state index contributed by atoms with van der Waals surface area (Å²) in [5.74, 6) is -0.302. The topological polar surface area (TPSA) is 26.3 Å². The zero-order chi connectivity index (χ0) is 9.84. The molecule has 13 heavy (non-hydrogen) atoms. The third-order valence-electron chi connectivity index (χ3n) is 1.66. The van der Waals surface area contributed by atoms with Crippen molar-refractivity contribution >= 4 is 22.9 Å². The van der Waals surface area contributed by atoms with Crippen LogP contribution in [0.25, 0.3) is 5.57 Å². The third-order valence-corrected chi connectivity index (χ3v) is 2.80. The van der Waals surface area contributed by atoms with Crippen LogP contribution in [-0.4, -0.2) is 13.1 Å². The molecule has 0 aliphatic carbocycles. The lowest BCUT2D eigenvalue weighted by atomic mass is 10.2. The molecule has 2 nitrogen and oxygen atoms in total. The maximum Gasteiger partial charge on any atom is 0.330 e. The molecule has 0 unspecified atom stereocenters. The highest BCUT2D eigenvalue weighted by molar-refractivity contribution is 7.13. The minimum absolute atomic E-state index is 0.302. The van der Waals surface area contributed by atoms with Crippen LogP contribution in [0.4, 0.5) is 0 Å². The highest BCUT2D eigenvalue weighted by Gasteiger charge is 2.01. The molecule has 1 aromatic rings. The average Bonchev–Trinajstić information content (AvgIpc) is 2.51. The number of carbonyl (C=O) groups excluding carboxylic acids is 1. The second-order valence-corrected chi connectivity index (χ2v) is 4.05.